The van der Waals surface area contributed by atoms with E-state index in [1.54, 1.807) is 0 Å². The summed E-state index contributed by atoms with van der Waals surface area (Å²) < 4.78 is 13.3. The molecule has 24 heavy (non-hydrogen) atoms. The fraction of sp³-hybridized carbons (Fsp3) is 0.438. The third-order valence-electron chi connectivity index (χ3n) is 4.07. The van der Waals surface area contributed by atoms with Gasteiger partial charge in [-0.2, -0.15) is 0 Å². The summed E-state index contributed by atoms with van der Waals surface area (Å²) in [6.07, 6.45) is 1.96. The third kappa shape index (κ3) is 2.48. The molecule has 4 rings (SSSR count). The van der Waals surface area contributed by atoms with Crippen LogP contribution in [0.5, 0.6) is 11.5 Å². The van der Waals surface area contributed by atoms with Crippen molar-refractivity contribution in [1.82, 2.24) is 19.6 Å². The standard InChI is InChI=1S/C16H20N6O2/c1-10-20-21-16-15(18-5-3-2-4-17)19-11-8-13-14(24-7-6-23-13)9-12(11)22(10)16/h8-9H,2-7,17H2,1H3,(H,18,19). The van der Waals surface area contributed by atoms with Crippen molar-refractivity contribution < 1.29 is 9.47 Å². The molecule has 1 aromatic carbocycles. The number of nitrogens with zero attached hydrogens (tertiary/aromatic N) is 4. The summed E-state index contributed by atoms with van der Waals surface area (Å²) in [5.74, 6) is 2.98. The molecule has 3 heterocycles. The smallest absolute Gasteiger partial charge is 0.204 e. The number of benzene rings is 1. The highest BCUT2D eigenvalue weighted by Crippen LogP contribution is 2.35. The zero-order valence-corrected chi connectivity index (χ0v) is 13.6. The van der Waals surface area contributed by atoms with E-state index < -0.39 is 0 Å². The van der Waals surface area contributed by atoms with E-state index in [2.05, 4.69) is 15.5 Å². The number of nitrogens with one attached hydrogen (secondary N) is 1. The zero-order valence-electron chi connectivity index (χ0n) is 13.6. The number of fused-ring (bicyclic) bond motifs is 4. The van der Waals surface area contributed by atoms with Crippen molar-refractivity contribution in [3.63, 3.8) is 0 Å². The van der Waals surface area contributed by atoms with E-state index in [0.29, 0.717) is 25.4 Å². The second kappa shape index (κ2) is 6.12. The van der Waals surface area contributed by atoms with Gasteiger partial charge >= 0.3 is 0 Å². The SMILES string of the molecule is Cc1nnc2c(NCCCCN)nc3cc4c(cc3n12)OCCO4. The molecule has 0 atom stereocenters. The summed E-state index contributed by atoms with van der Waals surface area (Å²) in [6, 6.07) is 3.85. The Morgan fingerprint density at radius 1 is 1.17 bits per heavy atom. The predicted molar refractivity (Wildman–Crippen MR) is 90.8 cm³/mol. The van der Waals surface area contributed by atoms with Gasteiger partial charge in [-0.1, -0.05) is 0 Å². The van der Waals surface area contributed by atoms with E-state index in [1.807, 2.05) is 23.5 Å². The molecule has 0 unspecified atom stereocenters. The molecular weight excluding hydrogens is 308 g/mol. The van der Waals surface area contributed by atoms with Crippen LogP contribution in [0, 0.1) is 6.92 Å². The molecule has 1 aliphatic rings. The van der Waals surface area contributed by atoms with Gasteiger partial charge in [-0.05, 0) is 26.3 Å². The Morgan fingerprint density at radius 2 is 1.96 bits per heavy atom. The van der Waals surface area contributed by atoms with Crippen LogP contribution in [-0.2, 0) is 0 Å². The summed E-state index contributed by atoms with van der Waals surface area (Å²) in [7, 11) is 0. The van der Waals surface area contributed by atoms with Gasteiger partial charge in [-0.25, -0.2) is 4.98 Å². The number of aryl methyl sites for hydroxylation is 1. The first kappa shape index (κ1) is 14.9. The topological polar surface area (TPSA) is 99.6 Å². The fourth-order valence-corrected chi connectivity index (χ4v) is 2.91. The number of rotatable bonds is 5. The second-order valence-corrected chi connectivity index (χ2v) is 5.77. The number of nitrogens with two attached hydrogens (primary N) is 1. The molecule has 1 aliphatic heterocycles. The Hall–Kier alpha value is -2.61. The number of ether oxygens (including phenoxy) is 2. The molecule has 126 valence electrons. The van der Waals surface area contributed by atoms with Crippen molar-refractivity contribution in [1.29, 1.82) is 0 Å². The van der Waals surface area contributed by atoms with Gasteiger partial charge in [0.1, 0.15) is 19.0 Å². The Kier molecular flexibility index (Phi) is 3.81. The Morgan fingerprint density at radius 3 is 2.75 bits per heavy atom. The van der Waals surface area contributed by atoms with Crippen molar-refractivity contribution in [2.75, 3.05) is 31.6 Å². The van der Waals surface area contributed by atoms with Gasteiger partial charge in [-0.15, -0.1) is 10.2 Å². The van der Waals surface area contributed by atoms with Crippen molar-refractivity contribution in [3.05, 3.63) is 18.0 Å². The van der Waals surface area contributed by atoms with Crippen molar-refractivity contribution in [3.8, 4) is 11.5 Å². The van der Waals surface area contributed by atoms with Crippen LogP contribution in [0.3, 0.4) is 0 Å². The molecule has 0 bridgehead atoms. The monoisotopic (exact) mass is 328 g/mol. The van der Waals surface area contributed by atoms with Gasteiger partial charge in [0.15, 0.2) is 17.3 Å². The molecule has 2 aromatic heterocycles. The molecule has 0 fully saturated rings. The van der Waals surface area contributed by atoms with E-state index in [0.717, 1.165) is 53.6 Å². The maximum absolute atomic E-state index is 5.68. The first-order valence-corrected chi connectivity index (χ1v) is 8.17. The molecule has 0 saturated carbocycles. The molecule has 3 N–H and O–H groups in total. The summed E-state index contributed by atoms with van der Waals surface area (Å²) in [6.45, 7) is 4.51. The van der Waals surface area contributed by atoms with Crippen LogP contribution < -0.4 is 20.5 Å². The normalized spacial score (nSPS) is 13.6. The first-order valence-electron chi connectivity index (χ1n) is 8.17. The Bertz CT molecular complexity index is 891. The Labute approximate surface area is 139 Å². The maximum Gasteiger partial charge on any atom is 0.204 e. The minimum atomic E-state index is 0.552. The maximum atomic E-state index is 5.68. The van der Waals surface area contributed by atoms with Crippen LogP contribution in [0.4, 0.5) is 5.82 Å². The quantitative estimate of drug-likeness (QED) is 0.685. The molecular formula is C16H20N6O2. The highest BCUT2D eigenvalue weighted by Gasteiger charge is 2.18. The van der Waals surface area contributed by atoms with E-state index in [-0.39, 0.29) is 0 Å². The van der Waals surface area contributed by atoms with Crippen LogP contribution in [0.1, 0.15) is 18.7 Å². The number of unbranched alkanes of at least 4 members (excludes halogenated alkanes) is 1. The highest BCUT2D eigenvalue weighted by atomic mass is 16.6. The van der Waals surface area contributed by atoms with E-state index in [4.69, 9.17) is 20.2 Å². The van der Waals surface area contributed by atoms with Gasteiger partial charge in [0.25, 0.3) is 0 Å². The van der Waals surface area contributed by atoms with Gasteiger partial charge in [0, 0.05) is 18.7 Å². The van der Waals surface area contributed by atoms with E-state index in [1.165, 1.54) is 0 Å². The summed E-state index contributed by atoms with van der Waals surface area (Å²) in [5.41, 5.74) is 7.98. The van der Waals surface area contributed by atoms with Crippen molar-refractivity contribution in [2.45, 2.75) is 19.8 Å². The van der Waals surface area contributed by atoms with E-state index in [9.17, 15) is 0 Å². The molecule has 8 heteroatoms. The number of anilines is 1. The number of aromatic nitrogens is 4. The lowest BCUT2D eigenvalue weighted by Gasteiger charge is -2.19. The summed E-state index contributed by atoms with van der Waals surface area (Å²) in [4.78, 5) is 4.72. The van der Waals surface area contributed by atoms with Crippen molar-refractivity contribution >= 4 is 22.5 Å². The van der Waals surface area contributed by atoms with Crippen molar-refractivity contribution in [2.24, 2.45) is 5.73 Å². The van der Waals surface area contributed by atoms with Gasteiger partial charge < -0.3 is 20.5 Å². The van der Waals surface area contributed by atoms with Gasteiger partial charge in [0.05, 0.1) is 11.0 Å². The largest absolute Gasteiger partial charge is 0.486 e. The lowest BCUT2D eigenvalue weighted by atomic mass is 10.2. The molecule has 3 aromatic rings. The lowest BCUT2D eigenvalue weighted by molar-refractivity contribution is 0.172. The third-order valence-corrected chi connectivity index (χ3v) is 4.07. The second-order valence-electron chi connectivity index (χ2n) is 5.77. The predicted octanol–water partition coefficient (Wildman–Crippen LogP) is 1.51. The summed E-state index contributed by atoms with van der Waals surface area (Å²) in [5, 5.41) is 11.8. The molecule has 0 saturated heterocycles. The van der Waals surface area contributed by atoms with Crippen LogP contribution in [0.15, 0.2) is 12.1 Å². The average Bonchev–Trinajstić information content (AvgIpc) is 2.99. The fourth-order valence-electron chi connectivity index (χ4n) is 2.91. The van der Waals surface area contributed by atoms with E-state index >= 15 is 0 Å². The lowest BCUT2D eigenvalue weighted by Crippen LogP contribution is -2.15. The Balaban J connectivity index is 1.83. The minimum absolute atomic E-state index is 0.552. The average molecular weight is 328 g/mol. The number of hydrogen-bond acceptors (Lipinski definition) is 7. The molecule has 8 nitrogen and oxygen atoms in total. The summed E-state index contributed by atoms with van der Waals surface area (Å²) >= 11 is 0. The first-order chi connectivity index (χ1) is 11.8. The minimum Gasteiger partial charge on any atom is -0.486 e. The zero-order chi connectivity index (χ0) is 16.5. The van der Waals surface area contributed by atoms with Gasteiger partial charge in [-0.3, -0.25) is 4.40 Å². The van der Waals surface area contributed by atoms with Crippen LogP contribution in [0.2, 0.25) is 0 Å². The van der Waals surface area contributed by atoms with Gasteiger partial charge in [0.2, 0.25) is 5.65 Å². The van der Waals surface area contributed by atoms with Crippen LogP contribution in [-0.4, -0.2) is 45.9 Å². The molecule has 0 spiro atoms. The molecule has 0 amide bonds. The molecule has 0 radical (unpaired) electrons. The van der Waals surface area contributed by atoms with Crippen LogP contribution in [0.25, 0.3) is 16.7 Å². The molecule has 0 aliphatic carbocycles. The number of hydrogen-bond donors (Lipinski definition) is 2. The highest BCUT2D eigenvalue weighted by molar-refractivity contribution is 5.86. The van der Waals surface area contributed by atoms with Crippen LogP contribution >= 0.6 is 0 Å².